The van der Waals surface area contributed by atoms with E-state index in [0.29, 0.717) is 12.3 Å². The number of hydrogen-bond donors (Lipinski definition) is 1. The first-order valence-electron chi connectivity index (χ1n) is 2.83. The van der Waals surface area contributed by atoms with E-state index < -0.39 is 0 Å². The van der Waals surface area contributed by atoms with Crippen LogP contribution in [0.2, 0.25) is 0 Å². The molecular weight excluding hydrogens is 134 g/mol. The Bertz CT molecular complexity index is 207. The number of primary amides is 1. The molecule has 1 heterocycles. The molecule has 0 aliphatic rings. The summed E-state index contributed by atoms with van der Waals surface area (Å²) < 4.78 is 4.62. The Hall–Kier alpha value is -1.39. The molecule has 0 bridgehead atoms. The third kappa shape index (κ3) is 1.85. The molecule has 5 heteroatoms. The molecule has 0 saturated heterocycles. The summed E-state index contributed by atoms with van der Waals surface area (Å²) >= 11 is 0. The van der Waals surface area contributed by atoms with Crippen molar-refractivity contribution < 1.29 is 9.32 Å². The first kappa shape index (κ1) is 6.73. The molecule has 0 aliphatic carbocycles. The van der Waals surface area contributed by atoms with Gasteiger partial charge in [0.15, 0.2) is 6.33 Å². The zero-order chi connectivity index (χ0) is 7.40. The Morgan fingerprint density at radius 2 is 2.60 bits per heavy atom. The van der Waals surface area contributed by atoms with E-state index in [1.54, 1.807) is 0 Å². The van der Waals surface area contributed by atoms with Gasteiger partial charge in [0.1, 0.15) is 0 Å². The molecule has 0 unspecified atom stereocenters. The quantitative estimate of drug-likeness (QED) is 0.614. The van der Waals surface area contributed by atoms with Gasteiger partial charge in [-0.25, -0.2) is 0 Å². The number of aromatic nitrogens is 2. The van der Waals surface area contributed by atoms with E-state index in [1.165, 1.54) is 6.33 Å². The number of amides is 1. The monoisotopic (exact) mass is 141 g/mol. The topological polar surface area (TPSA) is 82.0 Å². The van der Waals surface area contributed by atoms with Crippen molar-refractivity contribution in [1.29, 1.82) is 0 Å². The minimum absolute atomic E-state index is 0.252. The summed E-state index contributed by atoms with van der Waals surface area (Å²) in [6.45, 7) is 0. The Kier molecular flexibility index (Phi) is 1.99. The SMILES string of the molecule is NC(=O)CCc1ncno1. The third-order valence-electron chi connectivity index (χ3n) is 0.992. The summed E-state index contributed by atoms with van der Waals surface area (Å²) in [5, 5.41) is 3.36. The normalized spacial score (nSPS) is 9.60. The number of carbonyl (C=O) groups excluding carboxylic acids is 1. The molecule has 0 atom stereocenters. The number of nitrogens with zero attached hydrogens (tertiary/aromatic N) is 2. The lowest BCUT2D eigenvalue weighted by Gasteiger charge is -1.87. The van der Waals surface area contributed by atoms with E-state index >= 15 is 0 Å². The van der Waals surface area contributed by atoms with Crippen molar-refractivity contribution >= 4 is 5.91 Å². The zero-order valence-corrected chi connectivity index (χ0v) is 5.28. The van der Waals surface area contributed by atoms with Gasteiger partial charge in [0.25, 0.3) is 0 Å². The summed E-state index contributed by atoms with van der Waals surface area (Å²) in [5.41, 5.74) is 4.88. The van der Waals surface area contributed by atoms with Gasteiger partial charge in [-0.15, -0.1) is 0 Å². The average Bonchev–Trinajstić information content (AvgIpc) is 2.34. The number of rotatable bonds is 3. The fourth-order valence-electron chi connectivity index (χ4n) is 0.536. The van der Waals surface area contributed by atoms with Crippen LogP contribution in [0.4, 0.5) is 0 Å². The Morgan fingerprint density at radius 1 is 1.80 bits per heavy atom. The van der Waals surface area contributed by atoms with Gasteiger partial charge in [0, 0.05) is 12.8 Å². The van der Waals surface area contributed by atoms with E-state index in [-0.39, 0.29) is 12.3 Å². The van der Waals surface area contributed by atoms with E-state index in [1.807, 2.05) is 0 Å². The molecule has 10 heavy (non-hydrogen) atoms. The Morgan fingerprint density at radius 3 is 3.10 bits per heavy atom. The van der Waals surface area contributed by atoms with E-state index in [0.717, 1.165) is 0 Å². The molecule has 54 valence electrons. The zero-order valence-electron chi connectivity index (χ0n) is 5.28. The van der Waals surface area contributed by atoms with Crippen LogP contribution in [0.5, 0.6) is 0 Å². The molecule has 2 N–H and O–H groups in total. The molecule has 0 saturated carbocycles. The van der Waals surface area contributed by atoms with Crippen LogP contribution in [0.3, 0.4) is 0 Å². The maximum absolute atomic E-state index is 10.2. The molecule has 0 spiro atoms. The second-order valence-electron chi connectivity index (χ2n) is 1.80. The van der Waals surface area contributed by atoms with Crippen LogP contribution in [-0.4, -0.2) is 16.0 Å². The van der Waals surface area contributed by atoms with Crippen LogP contribution in [0, 0.1) is 0 Å². The van der Waals surface area contributed by atoms with Gasteiger partial charge in [-0.05, 0) is 0 Å². The number of aryl methyl sites for hydroxylation is 1. The molecule has 1 amide bonds. The van der Waals surface area contributed by atoms with Crippen molar-refractivity contribution in [2.45, 2.75) is 12.8 Å². The van der Waals surface area contributed by atoms with Crippen molar-refractivity contribution in [2.24, 2.45) is 5.73 Å². The van der Waals surface area contributed by atoms with Gasteiger partial charge < -0.3 is 10.3 Å². The van der Waals surface area contributed by atoms with Crippen molar-refractivity contribution in [3.05, 3.63) is 12.2 Å². The van der Waals surface area contributed by atoms with Crippen molar-refractivity contribution in [3.8, 4) is 0 Å². The van der Waals surface area contributed by atoms with E-state index in [2.05, 4.69) is 14.7 Å². The highest BCUT2D eigenvalue weighted by molar-refractivity contribution is 5.73. The maximum atomic E-state index is 10.2. The predicted octanol–water partition coefficient (Wildman–Crippen LogP) is -0.513. The molecule has 1 aromatic rings. The third-order valence-corrected chi connectivity index (χ3v) is 0.992. The van der Waals surface area contributed by atoms with Crippen LogP contribution in [-0.2, 0) is 11.2 Å². The summed E-state index contributed by atoms with van der Waals surface area (Å²) in [7, 11) is 0. The van der Waals surface area contributed by atoms with E-state index in [4.69, 9.17) is 5.73 Å². The first-order valence-corrected chi connectivity index (χ1v) is 2.83. The summed E-state index contributed by atoms with van der Waals surface area (Å²) in [6, 6.07) is 0. The average molecular weight is 141 g/mol. The predicted molar refractivity (Wildman–Crippen MR) is 31.8 cm³/mol. The highest BCUT2D eigenvalue weighted by Crippen LogP contribution is 1.94. The lowest BCUT2D eigenvalue weighted by atomic mass is 10.3. The minimum Gasteiger partial charge on any atom is -0.370 e. The van der Waals surface area contributed by atoms with Gasteiger partial charge in [-0.3, -0.25) is 4.79 Å². The molecule has 0 aliphatic heterocycles. The lowest BCUT2D eigenvalue weighted by Crippen LogP contribution is -2.11. The van der Waals surface area contributed by atoms with Crippen LogP contribution >= 0.6 is 0 Å². The highest BCUT2D eigenvalue weighted by atomic mass is 16.5. The molecular formula is C5H7N3O2. The van der Waals surface area contributed by atoms with Crippen LogP contribution in [0.15, 0.2) is 10.9 Å². The molecule has 1 aromatic heterocycles. The molecule has 0 fully saturated rings. The highest BCUT2D eigenvalue weighted by Gasteiger charge is 2.00. The number of nitrogens with two attached hydrogens (primary N) is 1. The van der Waals surface area contributed by atoms with Gasteiger partial charge >= 0.3 is 0 Å². The summed E-state index contributed by atoms with van der Waals surface area (Å²) in [6.07, 6.45) is 1.97. The molecule has 1 rings (SSSR count). The standard InChI is InChI=1S/C5H7N3O2/c6-4(9)1-2-5-7-3-8-10-5/h3H,1-2H2,(H2,6,9). The molecule has 0 aromatic carbocycles. The second kappa shape index (κ2) is 2.95. The van der Waals surface area contributed by atoms with Crippen LogP contribution in [0.25, 0.3) is 0 Å². The van der Waals surface area contributed by atoms with Gasteiger partial charge in [-0.1, -0.05) is 5.16 Å². The smallest absolute Gasteiger partial charge is 0.226 e. The minimum atomic E-state index is -0.363. The maximum Gasteiger partial charge on any atom is 0.226 e. The largest absolute Gasteiger partial charge is 0.370 e. The van der Waals surface area contributed by atoms with E-state index in [9.17, 15) is 4.79 Å². The van der Waals surface area contributed by atoms with Crippen LogP contribution < -0.4 is 5.73 Å². The Labute approximate surface area is 57.2 Å². The molecule has 0 radical (unpaired) electrons. The van der Waals surface area contributed by atoms with Gasteiger partial charge in [0.2, 0.25) is 11.8 Å². The number of hydrogen-bond acceptors (Lipinski definition) is 4. The van der Waals surface area contributed by atoms with Crippen molar-refractivity contribution in [2.75, 3.05) is 0 Å². The van der Waals surface area contributed by atoms with Gasteiger partial charge in [-0.2, -0.15) is 4.98 Å². The Balaban J connectivity index is 2.35. The van der Waals surface area contributed by atoms with Crippen molar-refractivity contribution in [1.82, 2.24) is 10.1 Å². The fraction of sp³-hybridized carbons (Fsp3) is 0.400. The fourth-order valence-corrected chi connectivity index (χ4v) is 0.536. The van der Waals surface area contributed by atoms with Crippen molar-refractivity contribution in [3.63, 3.8) is 0 Å². The molecule has 5 nitrogen and oxygen atoms in total. The number of carbonyl (C=O) groups is 1. The second-order valence-corrected chi connectivity index (χ2v) is 1.80. The summed E-state index contributed by atoms with van der Waals surface area (Å²) in [4.78, 5) is 13.9. The summed E-state index contributed by atoms with van der Waals surface area (Å²) in [5.74, 6) is 0.0806. The van der Waals surface area contributed by atoms with Crippen LogP contribution in [0.1, 0.15) is 12.3 Å². The van der Waals surface area contributed by atoms with Gasteiger partial charge in [0.05, 0.1) is 0 Å². The lowest BCUT2D eigenvalue weighted by molar-refractivity contribution is -0.118. The first-order chi connectivity index (χ1) is 4.79.